The van der Waals surface area contributed by atoms with Gasteiger partial charge >= 0.3 is 0 Å². The molecule has 10 heavy (non-hydrogen) atoms. The van der Waals surface area contributed by atoms with E-state index in [1.807, 2.05) is 19.9 Å². The van der Waals surface area contributed by atoms with E-state index in [2.05, 4.69) is 4.98 Å². The van der Waals surface area contributed by atoms with Gasteiger partial charge in [0.05, 0.1) is 12.8 Å². The Balaban J connectivity index is 3.17. The second-order valence-electron chi connectivity index (χ2n) is 2.25. The lowest BCUT2D eigenvalue weighted by atomic mass is 10.2. The van der Waals surface area contributed by atoms with Gasteiger partial charge in [-0.25, -0.2) is 0 Å². The predicted molar refractivity (Wildman–Crippen MR) is 40.3 cm³/mol. The molecule has 0 aromatic carbocycles. The normalized spacial score (nSPS) is 9.50. The van der Waals surface area contributed by atoms with E-state index in [-0.39, 0.29) is 0 Å². The van der Waals surface area contributed by atoms with Crippen molar-refractivity contribution in [1.29, 1.82) is 0 Å². The SMILES string of the molecule is COc1c(C)ccnc1C. The van der Waals surface area contributed by atoms with Crippen LogP contribution in [0.2, 0.25) is 0 Å². The van der Waals surface area contributed by atoms with E-state index < -0.39 is 0 Å². The summed E-state index contributed by atoms with van der Waals surface area (Å²) < 4.78 is 5.11. The first kappa shape index (κ1) is 7.06. The molecule has 54 valence electrons. The van der Waals surface area contributed by atoms with E-state index in [1.165, 1.54) is 0 Å². The summed E-state index contributed by atoms with van der Waals surface area (Å²) in [5.41, 5.74) is 2.08. The summed E-state index contributed by atoms with van der Waals surface area (Å²) >= 11 is 0. The van der Waals surface area contributed by atoms with Crippen molar-refractivity contribution in [2.24, 2.45) is 0 Å². The number of nitrogens with zero attached hydrogens (tertiary/aromatic N) is 1. The zero-order valence-corrected chi connectivity index (χ0v) is 6.51. The molecule has 2 nitrogen and oxygen atoms in total. The van der Waals surface area contributed by atoms with Crippen molar-refractivity contribution >= 4 is 0 Å². The molecule has 0 amide bonds. The minimum absolute atomic E-state index is 0.891. The van der Waals surface area contributed by atoms with Crippen LogP contribution in [0, 0.1) is 13.8 Å². The predicted octanol–water partition coefficient (Wildman–Crippen LogP) is 1.71. The molecule has 0 spiro atoms. The molecule has 1 aromatic heterocycles. The van der Waals surface area contributed by atoms with Gasteiger partial charge < -0.3 is 4.74 Å². The molecule has 0 N–H and O–H groups in total. The molecule has 0 radical (unpaired) electrons. The van der Waals surface area contributed by atoms with Gasteiger partial charge in [-0.3, -0.25) is 4.98 Å². The molecule has 0 unspecified atom stereocenters. The van der Waals surface area contributed by atoms with E-state index in [0.717, 1.165) is 17.0 Å². The molecule has 1 rings (SSSR count). The monoisotopic (exact) mass is 137 g/mol. The third-order valence-electron chi connectivity index (χ3n) is 1.48. The third-order valence-corrected chi connectivity index (χ3v) is 1.48. The van der Waals surface area contributed by atoms with Gasteiger partial charge in [-0.05, 0) is 25.5 Å². The Morgan fingerprint density at radius 3 is 2.50 bits per heavy atom. The molecule has 1 heterocycles. The molecule has 0 saturated heterocycles. The molecular formula is C8H11NO. The van der Waals surface area contributed by atoms with Crippen LogP contribution in [0.4, 0.5) is 0 Å². The first-order chi connectivity index (χ1) is 4.75. The van der Waals surface area contributed by atoms with E-state index >= 15 is 0 Å². The quantitative estimate of drug-likeness (QED) is 0.587. The maximum Gasteiger partial charge on any atom is 0.142 e. The molecule has 0 fully saturated rings. The average molecular weight is 137 g/mol. The van der Waals surface area contributed by atoms with Crippen LogP contribution in [0.1, 0.15) is 11.3 Å². The van der Waals surface area contributed by atoms with Gasteiger partial charge in [0.2, 0.25) is 0 Å². The standard InChI is InChI=1S/C8H11NO/c1-6-4-5-9-7(2)8(6)10-3/h4-5H,1-3H3. The van der Waals surface area contributed by atoms with Crippen LogP contribution in [0.5, 0.6) is 5.75 Å². The Morgan fingerprint density at radius 2 is 2.10 bits per heavy atom. The molecule has 0 saturated carbocycles. The summed E-state index contributed by atoms with van der Waals surface area (Å²) in [6.45, 7) is 3.94. The van der Waals surface area contributed by atoms with Crippen molar-refractivity contribution in [2.75, 3.05) is 7.11 Å². The van der Waals surface area contributed by atoms with E-state index in [1.54, 1.807) is 13.3 Å². The highest BCUT2D eigenvalue weighted by atomic mass is 16.5. The highest BCUT2D eigenvalue weighted by Gasteiger charge is 1.99. The van der Waals surface area contributed by atoms with Crippen LogP contribution < -0.4 is 4.74 Å². The number of ether oxygens (including phenoxy) is 1. The zero-order valence-electron chi connectivity index (χ0n) is 6.51. The summed E-state index contributed by atoms with van der Waals surface area (Å²) in [5.74, 6) is 0.891. The number of aryl methyl sites for hydroxylation is 2. The Bertz CT molecular complexity index is 212. The molecule has 1 aromatic rings. The number of aromatic nitrogens is 1. The lowest BCUT2D eigenvalue weighted by molar-refractivity contribution is 0.406. The largest absolute Gasteiger partial charge is 0.495 e. The maximum atomic E-state index is 5.11. The lowest BCUT2D eigenvalue weighted by Crippen LogP contribution is -1.92. The number of hydrogen-bond donors (Lipinski definition) is 0. The molecule has 0 aliphatic carbocycles. The van der Waals surface area contributed by atoms with Gasteiger partial charge in [-0.1, -0.05) is 0 Å². The van der Waals surface area contributed by atoms with Gasteiger partial charge in [-0.15, -0.1) is 0 Å². The van der Waals surface area contributed by atoms with Crippen molar-refractivity contribution in [2.45, 2.75) is 13.8 Å². The van der Waals surface area contributed by atoms with Crippen LogP contribution in [0.15, 0.2) is 12.3 Å². The summed E-state index contributed by atoms with van der Waals surface area (Å²) in [6, 6.07) is 1.94. The second kappa shape index (κ2) is 2.69. The second-order valence-corrected chi connectivity index (χ2v) is 2.25. The number of pyridine rings is 1. The van der Waals surface area contributed by atoms with E-state index in [0.29, 0.717) is 0 Å². The van der Waals surface area contributed by atoms with Gasteiger partial charge in [-0.2, -0.15) is 0 Å². The van der Waals surface area contributed by atoms with Gasteiger partial charge in [0.25, 0.3) is 0 Å². The maximum absolute atomic E-state index is 5.11. The molecule has 0 aliphatic rings. The number of rotatable bonds is 1. The van der Waals surface area contributed by atoms with Crippen molar-refractivity contribution in [3.05, 3.63) is 23.5 Å². The lowest BCUT2D eigenvalue weighted by Gasteiger charge is -2.05. The fraction of sp³-hybridized carbons (Fsp3) is 0.375. The Morgan fingerprint density at radius 1 is 1.40 bits per heavy atom. The van der Waals surface area contributed by atoms with Crippen LogP contribution in [-0.4, -0.2) is 12.1 Å². The minimum atomic E-state index is 0.891. The summed E-state index contributed by atoms with van der Waals surface area (Å²) in [7, 11) is 1.66. The highest BCUT2D eigenvalue weighted by Crippen LogP contribution is 2.18. The van der Waals surface area contributed by atoms with Gasteiger partial charge in [0.15, 0.2) is 0 Å². The van der Waals surface area contributed by atoms with Crippen molar-refractivity contribution in [3.8, 4) is 5.75 Å². The molecule has 0 bridgehead atoms. The Labute approximate surface area is 60.9 Å². The molecule has 0 aliphatic heterocycles. The number of hydrogen-bond acceptors (Lipinski definition) is 2. The van der Waals surface area contributed by atoms with E-state index in [4.69, 9.17) is 4.74 Å². The number of methoxy groups -OCH3 is 1. The third kappa shape index (κ3) is 1.10. The first-order valence-electron chi connectivity index (χ1n) is 3.22. The highest BCUT2D eigenvalue weighted by molar-refractivity contribution is 5.34. The topological polar surface area (TPSA) is 22.1 Å². The Kier molecular flexibility index (Phi) is 1.90. The average Bonchev–Trinajstić information content (AvgIpc) is 1.88. The summed E-state index contributed by atoms with van der Waals surface area (Å²) in [4.78, 5) is 4.09. The summed E-state index contributed by atoms with van der Waals surface area (Å²) in [5, 5.41) is 0. The van der Waals surface area contributed by atoms with Crippen LogP contribution in [0.25, 0.3) is 0 Å². The fourth-order valence-corrected chi connectivity index (χ4v) is 0.989. The van der Waals surface area contributed by atoms with E-state index in [9.17, 15) is 0 Å². The molecule has 2 heteroatoms. The van der Waals surface area contributed by atoms with Crippen molar-refractivity contribution < 1.29 is 4.74 Å². The minimum Gasteiger partial charge on any atom is -0.495 e. The molecule has 0 atom stereocenters. The fourth-order valence-electron chi connectivity index (χ4n) is 0.989. The summed E-state index contributed by atoms with van der Waals surface area (Å²) in [6.07, 6.45) is 1.78. The van der Waals surface area contributed by atoms with Gasteiger partial charge in [0.1, 0.15) is 5.75 Å². The Hall–Kier alpha value is -1.05. The van der Waals surface area contributed by atoms with Crippen LogP contribution >= 0.6 is 0 Å². The van der Waals surface area contributed by atoms with Crippen molar-refractivity contribution in [1.82, 2.24) is 4.98 Å². The first-order valence-corrected chi connectivity index (χ1v) is 3.22. The smallest absolute Gasteiger partial charge is 0.142 e. The zero-order chi connectivity index (χ0) is 7.56. The van der Waals surface area contributed by atoms with Gasteiger partial charge in [0, 0.05) is 6.20 Å². The van der Waals surface area contributed by atoms with Crippen LogP contribution in [-0.2, 0) is 0 Å². The van der Waals surface area contributed by atoms with Crippen LogP contribution in [0.3, 0.4) is 0 Å². The van der Waals surface area contributed by atoms with Crippen molar-refractivity contribution in [3.63, 3.8) is 0 Å². The molecular weight excluding hydrogens is 126 g/mol.